The van der Waals surface area contributed by atoms with E-state index in [9.17, 15) is 24.5 Å². The molecule has 0 fully saturated rings. The lowest BCUT2D eigenvalue weighted by Crippen LogP contribution is -2.44. The van der Waals surface area contributed by atoms with Gasteiger partial charge in [0, 0.05) is 17.6 Å². The van der Waals surface area contributed by atoms with E-state index in [1.54, 1.807) is 6.92 Å². The van der Waals surface area contributed by atoms with E-state index in [2.05, 4.69) is 5.32 Å². The minimum Gasteiger partial charge on any atom is -0.450 e. The number of benzene rings is 2. The first-order chi connectivity index (χ1) is 14.2. The van der Waals surface area contributed by atoms with E-state index in [-0.39, 0.29) is 27.8 Å². The van der Waals surface area contributed by atoms with Crippen LogP contribution < -0.4 is 15.4 Å². The van der Waals surface area contributed by atoms with Gasteiger partial charge in [-0.05, 0) is 50.2 Å². The number of esters is 1. The Morgan fingerprint density at radius 1 is 1.17 bits per heavy atom. The van der Waals surface area contributed by atoms with Crippen LogP contribution in [0.2, 0.25) is 5.02 Å². The number of urea groups is 1. The van der Waals surface area contributed by atoms with Crippen molar-refractivity contribution in [2.75, 3.05) is 6.54 Å². The first-order valence-corrected chi connectivity index (χ1v) is 9.10. The maximum Gasteiger partial charge on any atom is 0.338 e. The molecular weight excluding hydrogens is 418 g/mol. The fourth-order valence-corrected chi connectivity index (χ4v) is 2.37. The monoisotopic (exact) mass is 435 g/mol. The van der Waals surface area contributed by atoms with E-state index in [0.717, 1.165) is 6.07 Å². The number of nitro benzene ring substituents is 1. The van der Waals surface area contributed by atoms with Crippen molar-refractivity contribution in [2.45, 2.75) is 20.0 Å². The molecule has 0 radical (unpaired) electrons. The Morgan fingerprint density at radius 2 is 1.83 bits per heavy atom. The predicted octanol–water partition coefficient (Wildman–Crippen LogP) is 3.43. The Bertz CT molecular complexity index is 963. The van der Waals surface area contributed by atoms with Crippen LogP contribution in [-0.4, -0.2) is 35.5 Å². The second-order valence-corrected chi connectivity index (χ2v) is 6.33. The first-order valence-electron chi connectivity index (χ1n) is 8.72. The Morgan fingerprint density at radius 3 is 2.43 bits per heavy atom. The van der Waals surface area contributed by atoms with Gasteiger partial charge in [-0.3, -0.25) is 20.2 Å². The summed E-state index contributed by atoms with van der Waals surface area (Å²) in [4.78, 5) is 45.8. The van der Waals surface area contributed by atoms with Crippen LogP contribution in [0.5, 0.6) is 11.5 Å². The van der Waals surface area contributed by atoms with Crippen molar-refractivity contribution in [3.63, 3.8) is 0 Å². The number of imide groups is 1. The summed E-state index contributed by atoms with van der Waals surface area (Å²) in [5.74, 6) is -1.35. The number of hydrogen-bond acceptors (Lipinski definition) is 7. The number of carbonyl (C=O) groups excluding carboxylic acids is 3. The molecule has 0 heterocycles. The van der Waals surface area contributed by atoms with Gasteiger partial charge < -0.3 is 14.8 Å². The van der Waals surface area contributed by atoms with E-state index in [1.807, 2.05) is 5.32 Å². The normalized spacial score (nSPS) is 11.2. The van der Waals surface area contributed by atoms with Crippen LogP contribution in [0.4, 0.5) is 10.5 Å². The Hall–Kier alpha value is -3.66. The van der Waals surface area contributed by atoms with Gasteiger partial charge >= 0.3 is 17.7 Å². The maximum absolute atomic E-state index is 12.2. The van der Waals surface area contributed by atoms with Crippen LogP contribution in [0.25, 0.3) is 0 Å². The van der Waals surface area contributed by atoms with Gasteiger partial charge in [0.15, 0.2) is 6.10 Å². The van der Waals surface area contributed by atoms with Crippen LogP contribution in [0.3, 0.4) is 0 Å². The first kappa shape index (κ1) is 22.6. The molecule has 2 aromatic carbocycles. The van der Waals surface area contributed by atoms with E-state index in [0.29, 0.717) is 6.54 Å². The molecule has 0 aromatic heterocycles. The highest BCUT2D eigenvalue weighted by Crippen LogP contribution is 2.33. The molecule has 1 atom stereocenters. The van der Waals surface area contributed by atoms with Gasteiger partial charge in [-0.25, -0.2) is 9.59 Å². The standard InChI is InChI=1S/C19H18ClN3O7/c1-3-21-19(26)22-17(24)11(2)29-18(25)12-4-7-14(8-5-12)30-16-9-6-13(20)10-15(16)23(27)28/h4-11H,3H2,1-2H3,(H2,21,22,24,26)/t11-/m0/s1. The predicted molar refractivity (Wildman–Crippen MR) is 107 cm³/mol. The average molecular weight is 436 g/mol. The van der Waals surface area contributed by atoms with Crippen LogP contribution in [0, 0.1) is 10.1 Å². The molecule has 158 valence electrons. The Labute approximate surface area is 176 Å². The smallest absolute Gasteiger partial charge is 0.338 e. The molecule has 10 nitrogen and oxygen atoms in total. The number of amides is 3. The summed E-state index contributed by atoms with van der Waals surface area (Å²) in [6, 6.07) is 8.84. The zero-order valence-corrected chi connectivity index (χ0v) is 16.8. The number of nitrogens with zero attached hydrogens (tertiary/aromatic N) is 1. The van der Waals surface area contributed by atoms with Gasteiger partial charge in [0.25, 0.3) is 5.91 Å². The molecule has 0 aliphatic rings. The largest absolute Gasteiger partial charge is 0.450 e. The molecule has 0 saturated carbocycles. The van der Waals surface area contributed by atoms with Gasteiger partial charge in [0.1, 0.15) is 5.75 Å². The number of nitrogens with one attached hydrogen (secondary N) is 2. The summed E-state index contributed by atoms with van der Waals surface area (Å²) in [5, 5.41) is 15.7. The highest BCUT2D eigenvalue weighted by Gasteiger charge is 2.21. The minimum absolute atomic E-state index is 0.0182. The molecule has 0 saturated heterocycles. The maximum atomic E-state index is 12.2. The molecule has 0 aliphatic heterocycles. The highest BCUT2D eigenvalue weighted by atomic mass is 35.5. The zero-order chi connectivity index (χ0) is 22.3. The Kier molecular flexibility index (Phi) is 7.70. The van der Waals surface area contributed by atoms with E-state index >= 15 is 0 Å². The summed E-state index contributed by atoms with van der Waals surface area (Å²) in [5.41, 5.74) is -0.191. The Balaban J connectivity index is 2.02. The summed E-state index contributed by atoms with van der Waals surface area (Å²) in [6.07, 6.45) is -1.20. The van der Waals surface area contributed by atoms with Crippen molar-refractivity contribution in [1.29, 1.82) is 0 Å². The topological polar surface area (TPSA) is 137 Å². The third-order valence-corrected chi connectivity index (χ3v) is 3.90. The summed E-state index contributed by atoms with van der Waals surface area (Å²) in [7, 11) is 0. The number of ether oxygens (including phenoxy) is 2. The number of hydrogen-bond donors (Lipinski definition) is 2. The van der Waals surface area contributed by atoms with Gasteiger partial charge in [-0.15, -0.1) is 0 Å². The molecule has 3 amide bonds. The van der Waals surface area contributed by atoms with Gasteiger partial charge in [-0.2, -0.15) is 0 Å². The fraction of sp³-hybridized carbons (Fsp3) is 0.211. The van der Waals surface area contributed by atoms with Crippen molar-refractivity contribution in [3.8, 4) is 11.5 Å². The SMILES string of the molecule is CCNC(=O)NC(=O)[C@H](C)OC(=O)c1ccc(Oc2ccc(Cl)cc2[N+](=O)[O-])cc1. The van der Waals surface area contributed by atoms with Crippen LogP contribution in [0.15, 0.2) is 42.5 Å². The number of nitro groups is 1. The van der Waals surface area contributed by atoms with E-state index in [4.69, 9.17) is 21.1 Å². The third-order valence-electron chi connectivity index (χ3n) is 3.66. The quantitative estimate of drug-likeness (QED) is 0.386. The molecule has 2 aromatic rings. The van der Waals surface area contributed by atoms with Gasteiger partial charge in [0.2, 0.25) is 5.75 Å². The van der Waals surface area contributed by atoms with Gasteiger partial charge in [-0.1, -0.05) is 11.6 Å². The molecule has 0 spiro atoms. The molecule has 11 heteroatoms. The second-order valence-electron chi connectivity index (χ2n) is 5.89. The van der Waals surface area contributed by atoms with Crippen LogP contribution in [0.1, 0.15) is 24.2 Å². The molecule has 0 aliphatic carbocycles. The second kappa shape index (κ2) is 10.2. The molecule has 2 rings (SSSR count). The molecule has 2 N–H and O–H groups in total. The fourth-order valence-electron chi connectivity index (χ4n) is 2.21. The lowest BCUT2D eigenvalue weighted by molar-refractivity contribution is -0.385. The lowest BCUT2D eigenvalue weighted by Gasteiger charge is -2.13. The van der Waals surface area contributed by atoms with Crippen molar-refractivity contribution in [3.05, 3.63) is 63.2 Å². The van der Waals surface area contributed by atoms with Crippen molar-refractivity contribution in [1.82, 2.24) is 10.6 Å². The lowest BCUT2D eigenvalue weighted by atomic mass is 10.2. The summed E-state index contributed by atoms with van der Waals surface area (Å²) < 4.78 is 10.5. The van der Waals surface area contributed by atoms with Crippen molar-refractivity contribution >= 4 is 35.2 Å². The van der Waals surface area contributed by atoms with Crippen LogP contribution >= 0.6 is 11.6 Å². The van der Waals surface area contributed by atoms with E-state index < -0.39 is 28.9 Å². The number of carbonyl (C=O) groups is 3. The highest BCUT2D eigenvalue weighted by molar-refractivity contribution is 6.30. The molecule has 30 heavy (non-hydrogen) atoms. The van der Waals surface area contributed by atoms with Crippen molar-refractivity contribution < 1.29 is 28.8 Å². The van der Waals surface area contributed by atoms with E-state index in [1.165, 1.54) is 43.3 Å². The van der Waals surface area contributed by atoms with Crippen LogP contribution in [-0.2, 0) is 9.53 Å². The minimum atomic E-state index is -1.20. The number of rotatable bonds is 7. The van der Waals surface area contributed by atoms with Gasteiger partial charge in [0.05, 0.1) is 10.5 Å². The summed E-state index contributed by atoms with van der Waals surface area (Å²) >= 11 is 5.76. The molecular formula is C19H18ClN3O7. The zero-order valence-electron chi connectivity index (χ0n) is 16.0. The number of halogens is 1. The average Bonchev–Trinajstić information content (AvgIpc) is 2.69. The van der Waals surface area contributed by atoms with Crippen molar-refractivity contribution in [2.24, 2.45) is 0 Å². The third kappa shape index (κ3) is 6.17. The summed E-state index contributed by atoms with van der Waals surface area (Å²) in [6.45, 7) is 3.34. The molecule has 0 bridgehead atoms. The molecule has 0 unspecified atom stereocenters.